The van der Waals surface area contributed by atoms with Crippen molar-refractivity contribution < 1.29 is 22.7 Å². The number of hydrogen-bond acceptors (Lipinski definition) is 3. The third kappa shape index (κ3) is 4.25. The fraction of sp³-hybridized carbons (Fsp3) is 0.333. The van der Waals surface area contributed by atoms with E-state index in [0.29, 0.717) is 18.0 Å². The highest BCUT2D eigenvalue weighted by Gasteiger charge is 2.31. The van der Waals surface area contributed by atoms with Crippen molar-refractivity contribution >= 4 is 12.0 Å². The Labute approximate surface area is 149 Å². The molecule has 140 valence electrons. The second-order valence-corrected chi connectivity index (χ2v) is 5.75. The molecular weight excluding hydrogens is 347 g/mol. The molecule has 0 aliphatic heterocycles. The van der Waals surface area contributed by atoms with Gasteiger partial charge in [-0.2, -0.15) is 18.2 Å². The van der Waals surface area contributed by atoms with Crippen molar-refractivity contribution in [2.24, 2.45) is 0 Å². The number of imidazole rings is 1. The van der Waals surface area contributed by atoms with E-state index in [0.717, 1.165) is 12.1 Å². The first-order chi connectivity index (χ1) is 12.1. The predicted octanol–water partition coefficient (Wildman–Crippen LogP) is 3.70. The molecule has 0 aliphatic carbocycles. The summed E-state index contributed by atoms with van der Waals surface area (Å²) in [7, 11) is 3.23. The van der Waals surface area contributed by atoms with Gasteiger partial charge in [0, 0.05) is 20.2 Å². The summed E-state index contributed by atoms with van der Waals surface area (Å²) in [4.78, 5) is 17.4. The first kappa shape index (κ1) is 19.6. The summed E-state index contributed by atoms with van der Waals surface area (Å²) in [6.07, 6.45) is -1.58. The molecule has 0 aliphatic rings. The van der Waals surface area contributed by atoms with Crippen LogP contribution in [0.4, 0.5) is 13.2 Å². The van der Waals surface area contributed by atoms with E-state index in [1.54, 1.807) is 34.0 Å². The number of benzene rings is 1. The number of aromatic nitrogens is 2. The molecule has 1 amide bonds. The van der Waals surface area contributed by atoms with Crippen LogP contribution < -0.4 is 4.74 Å². The molecule has 0 N–H and O–H groups in total. The van der Waals surface area contributed by atoms with Crippen LogP contribution in [-0.2, 0) is 11.0 Å². The molecule has 0 unspecified atom stereocenters. The fourth-order valence-electron chi connectivity index (χ4n) is 2.30. The van der Waals surface area contributed by atoms with Crippen LogP contribution in [0.1, 0.15) is 23.9 Å². The van der Waals surface area contributed by atoms with Gasteiger partial charge in [-0.15, -0.1) is 0 Å². The van der Waals surface area contributed by atoms with Gasteiger partial charge in [0.15, 0.2) is 0 Å². The average Bonchev–Trinajstić information content (AvgIpc) is 2.88. The highest BCUT2D eigenvalue weighted by atomic mass is 19.4. The molecule has 0 saturated heterocycles. The Hall–Kier alpha value is -2.77. The van der Waals surface area contributed by atoms with Gasteiger partial charge in [0.1, 0.15) is 0 Å². The van der Waals surface area contributed by atoms with Gasteiger partial charge in [0.25, 0.3) is 0 Å². The highest BCUT2D eigenvalue weighted by molar-refractivity contribution is 5.91. The summed E-state index contributed by atoms with van der Waals surface area (Å²) < 4.78 is 46.0. The smallest absolute Gasteiger partial charge is 0.416 e. The zero-order valence-electron chi connectivity index (χ0n) is 15.0. The normalized spacial score (nSPS) is 11.8. The number of halogens is 3. The average molecular weight is 367 g/mol. The van der Waals surface area contributed by atoms with Gasteiger partial charge in [0.2, 0.25) is 5.91 Å². The highest BCUT2D eigenvalue weighted by Crippen LogP contribution is 2.32. The number of rotatable bonds is 5. The van der Waals surface area contributed by atoms with Crippen molar-refractivity contribution in [3.05, 3.63) is 47.3 Å². The summed E-state index contributed by atoms with van der Waals surface area (Å²) in [5, 5.41) is 0. The van der Waals surface area contributed by atoms with Crippen molar-refractivity contribution in [2.45, 2.75) is 20.0 Å². The monoisotopic (exact) mass is 367 g/mol. The van der Waals surface area contributed by atoms with E-state index >= 15 is 0 Å². The quantitative estimate of drug-likeness (QED) is 0.757. The Morgan fingerprint density at radius 3 is 2.62 bits per heavy atom. The lowest BCUT2D eigenvalue weighted by Gasteiger charge is -2.12. The third-order valence-electron chi connectivity index (χ3n) is 3.64. The number of amides is 1. The molecule has 1 aromatic carbocycles. The van der Waals surface area contributed by atoms with E-state index in [-0.39, 0.29) is 17.6 Å². The minimum absolute atomic E-state index is 0.168. The lowest BCUT2D eigenvalue weighted by molar-refractivity contribution is -0.137. The van der Waals surface area contributed by atoms with Crippen molar-refractivity contribution in [1.82, 2.24) is 14.5 Å². The van der Waals surface area contributed by atoms with E-state index in [9.17, 15) is 18.0 Å². The second kappa shape index (κ2) is 7.63. The van der Waals surface area contributed by atoms with Crippen LogP contribution in [-0.4, -0.2) is 41.1 Å². The van der Waals surface area contributed by atoms with Gasteiger partial charge < -0.3 is 9.64 Å². The van der Waals surface area contributed by atoms with Crippen LogP contribution >= 0.6 is 0 Å². The first-order valence-electron chi connectivity index (χ1n) is 7.94. The van der Waals surface area contributed by atoms with Gasteiger partial charge in [0.05, 0.1) is 29.2 Å². The lowest BCUT2D eigenvalue weighted by Crippen LogP contribution is -2.18. The first-order valence-corrected chi connectivity index (χ1v) is 7.94. The van der Waals surface area contributed by atoms with Gasteiger partial charge in [-0.05, 0) is 38.1 Å². The lowest BCUT2D eigenvalue weighted by atomic mass is 10.2. The molecule has 0 bridgehead atoms. The maximum Gasteiger partial charge on any atom is 0.416 e. The number of ether oxygens (including phenoxy) is 1. The fourth-order valence-corrected chi connectivity index (χ4v) is 2.30. The molecule has 0 saturated carbocycles. The van der Waals surface area contributed by atoms with Crippen LogP contribution in [0, 0.1) is 6.92 Å². The van der Waals surface area contributed by atoms with E-state index in [1.807, 2.05) is 0 Å². The van der Waals surface area contributed by atoms with Gasteiger partial charge >= 0.3 is 12.2 Å². The summed E-state index contributed by atoms with van der Waals surface area (Å²) >= 11 is 0. The summed E-state index contributed by atoms with van der Waals surface area (Å²) in [5.41, 5.74) is 0.536. The van der Waals surface area contributed by atoms with Crippen molar-refractivity contribution in [3.63, 3.8) is 0 Å². The van der Waals surface area contributed by atoms with E-state index in [4.69, 9.17) is 4.74 Å². The standard InChI is InChI=1S/C18H20F3N3O2/c1-5-26-17-22-15(9-10-16(25)23(3)4)12(2)24(17)14-8-6-7-13(11-14)18(19,20)21/h6-11H,5H2,1-4H3. The maximum atomic E-state index is 13.0. The molecule has 2 aromatic rings. The Morgan fingerprint density at radius 2 is 2.04 bits per heavy atom. The molecule has 0 spiro atoms. The van der Waals surface area contributed by atoms with Crippen LogP contribution in [0.2, 0.25) is 0 Å². The molecule has 26 heavy (non-hydrogen) atoms. The Balaban J connectivity index is 2.53. The van der Waals surface area contributed by atoms with Crippen molar-refractivity contribution in [1.29, 1.82) is 0 Å². The number of nitrogens with zero attached hydrogens (tertiary/aromatic N) is 3. The number of hydrogen-bond donors (Lipinski definition) is 0. The number of likely N-dealkylation sites (N-methyl/N-ethyl adjacent to an activating group) is 1. The van der Waals surface area contributed by atoms with E-state index < -0.39 is 11.7 Å². The molecule has 1 aromatic heterocycles. The molecule has 0 radical (unpaired) electrons. The van der Waals surface area contributed by atoms with Crippen molar-refractivity contribution in [3.8, 4) is 11.7 Å². The van der Waals surface area contributed by atoms with Gasteiger partial charge in [-0.1, -0.05) is 6.07 Å². The van der Waals surface area contributed by atoms with Crippen LogP contribution in [0.25, 0.3) is 11.8 Å². The molecule has 8 heteroatoms. The topological polar surface area (TPSA) is 47.4 Å². The molecular formula is C18H20F3N3O2. The second-order valence-electron chi connectivity index (χ2n) is 5.75. The number of carbonyl (C=O) groups is 1. The Morgan fingerprint density at radius 1 is 1.35 bits per heavy atom. The zero-order valence-corrected chi connectivity index (χ0v) is 15.0. The van der Waals surface area contributed by atoms with Crippen LogP contribution in [0.3, 0.4) is 0 Å². The molecule has 2 rings (SSSR count). The largest absolute Gasteiger partial charge is 0.465 e. The third-order valence-corrected chi connectivity index (χ3v) is 3.64. The number of carbonyl (C=O) groups excluding carboxylic acids is 1. The summed E-state index contributed by atoms with van der Waals surface area (Å²) in [6.45, 7) is 3.76. The minimum atomic E-state index is -4.45. The molecule has 0 fully saturated rings. The van der Waals surface area contributed by atoms with E-state index in [1.165, 1.54) is 27.7 Å². The van der Waals surface area contributed by atoms with E-state index in [2.05, 4.69) is 4.98 Å². The number of alkyl halides is 3. The summed E-state index contributed by atoms with van der Waals surface area (Å²) in [5.74, 6) is -0.226. The Bertz CT molecular complexity index is 824. The van der Waals surface area contributed by atoms with Gasteiger partial charge in [-0.3, -0.25) is 9.36 Å². The Kier molecular flexibility index (Phi) is 5.74. The van der Waals surface area contributed by atoms with Crippen LogP contribution in [0.5, 0.6) is 6.01 Å². The predicted molar refractivity (Wildman–Crippen MR) is 92.2 cm³/mol. The molecule has 5 nitrogen and oxygen atoms in total. The summed E-state index contributed by atoms with van der Waals surface area (Å²) in [6, 6.07) is 5.09. The SMILES string of the molecule is CCOc1nc(C=CC(=O)N(C)C)c(C)n1-c1cccc(C(F)(F)F)c1. The minimum Gasteiger partial charge on any atom is -0.465 e. The van der Waals surface area contributed by atoms with Gasteiger partial charge in [-0.25, -0.2) is 0 Å². The maximum absolute atomic E-state index is 13.0. The molecule has 0 atom stereocenters. The molecule has 1 heterocycles. The van der Waals surface area contributed by atoms with Crippen molar-refractivity contribution in [2.75, 3.05) is 20.7 Å². The zero-order chi connectivity index (χ0) is 19.5. The van der Waals surface area contributed by atoms with Crippen LogP contribution in [0.15, 0.2) is 30.3 Å².